The summed E-state index contributed by atoms with van der Waals surface area (Å²) in [4.78, 5) is 0. The zero-order valence-corrected chi connectivity index (χ0v) is 9.23. The van der Waals surface area contributed by atoms with Crippen LogP contribution in [0.3, 0.4) is 0 Å². The van der Waals surface area contributed by atoms with E-state index in [1.54, 1.807) is 26.4 Å². The van der Waals surface area contributed by atoms with Crippen molar-refractivity contribution in [2.75, 3.05) is 14.2 Å². The van der Waals surface area contributed by atoms with Gasteiger partial charge < -0.3 is 9.47 Å². The molecule has 0 aliphatic rings. The van der Waals surface area contributed by atoms with Gasteiger partial charge in [-0.1, -0.05) is 6.07 Å². The number of ether oxygens (including phenoxy) is 2. The monoisotopic (exact) mass is 216 g/mol. The Bertz CT molecular complexity index is 429. The van der Waals surface area contributed by atoms with Crippen LogP contribution in [0.15, 0.2) is 18.2 Å². The summed E-state index contributed by atoms with van der Waals surface area (Å²) in [6.45, 7) is 0. The van der Waals surface area contributed by atoms with Gasteiger partial charge in [0.2, 0.25) is 0 Å². The molecule has 0 unspecified atom stereocenters. The molecule has 0 bridgehead atoms. The van der Waals surface area contributed by atoms with Crippen LogP contribution in [-0.2, 0) is 6.42 Å². The summed E-state index contributed by atoms with van der Waals surface area (Å²) >= 11 is 0. The van der Waals surface area contributed by atoms with Crippen LogP contribution in [0.5, 0.6) is 11.5 Å². The Morgan fingerprint density at radius 2 is 1.75 bits per heavy atom. The molecule has 0 amide bonds. The summed E-state index contributed by atoms with van der Waals surface area (Å²) in [6, 6.07) is 9.23. The summed E-state index contributed by atoms with van der Waals surface area (Å²) in [5, 5.41) is 17.4. The summed E-state index contributed by atoms with van der Waals surface area (Å²) < 4.78 is 10.2. The lowest BCUT2D eigenvalue weighted by Crippen LogP contribution is -1.99. The van der Waals surface area contributed by atoms with Gasteiger partial charge in [0.15, 0.2) is 11.5 Å². The number of hydrogen-bond acceptors (Lipinski definition) is 4. The van der Waals surface area contributed by atoms with Gasteiger partial charge in [0.05, 0.1) is 26.4 Å². The Kier molecular flexibility index (Phi) is 4.17. The van der Waals surface area contributed by atoms with Crippen molar-refractivity contribution in [3.8, 4) is 23.6 Å². The molecule has 0 fully saturated rings. The molecule has 16 heavy (non-hydrogen) atoms. The Balaban J connectivity index is 2.92. The fraction of sp³-hybridized carbons (Fsp3) is 0.333. The van der Waals surface area contributed by atoms with E-state index in [-0.39, 0.29) is 0 Å². The van der Waals surface area contributed by atoms with Gasteiger partial charge >= 0.3 is 0 Å². The minimum Gasteiger partial charge on any atom is -0.493 e. The Labute approximate surface area is 94.6 Å². The quantitative estimate of drug-likeness (QED) is 0.771. The molecule has 4 nitrogen and oxygen atoms in total. The van der Waals surface area contributed by atoms with E-state index in [2.05, 4.69) is 0 Å². The minimum atomic E-state index is -0.627. The van der Waals surface area contributed by atoms with Gasteiger partial charge in [-0.05, 0) is 17.7 Å². The zero-order chi connectivity index (χ0) is 12.0. The highest BCUT2D eigenvalue weighted by Gasteiger charge is 2.09. The van der Waals surface area contributed by atoms with Gasteiger partial charge in [0.25, 0.3) is 0 Å². The number of methoxy groups -OCH3 is 2. The van der Waals surface area contributed by atoms with Crippen molar-refractivity contribution in [3.05, 3.63) is 23.8 Å². The van der Waals surface area contributed by atoms with Crippen molar-refractivity contribution in [1.29, 1.82) is 10.5 Å². The first-order valence-corrected chi connectivity index (χ1v) is 4.75. The lowest BCUT2D eigenvalue weighted by Gasteiger charge is -2.09. The smallest absolute Gasteiger partial charge is 0.160 e. The van der Waals surface area contributed by atoms with E-state index in [1.165, 1.54) is 0 Å². The van der Waals surface area contributed by atoms with Crippen molar-refractivity contribution >= 4 is 0 Å². The maximum Gasteiger partial charge on any atom is 0.160 e. The molecule has 0 aliphatic carbocycles. The van der Waals surface area contributed by atoms with Crippen molar-refractivity contribution in [1.82, 2.24) is 0 Å². The van der Waals surface area contributed by atoms with Gasteiger partial charge in [0, 0.05) is 6.42 Å². The van der Waals surface area contributed by atoms with Crippen LogP contribution in [0.4, 0.5) is 0 Å². The third-order valence-electron chi connectivity index (χ3n) is 2.20. The van der Waals surface area contributed by atoms with E-state index in [0.29, 0.717) is 17.9 Å². The van der Waals surface area contributed by atoms with Gasteiger partial charge in [0.1, 0.15) is 5.92 Å². The molecule has 1 aromatic rings. The molecular formula is C12H12N2O2. The van der Waals surface area contributed by atoms with E-state index < -0.39 is 5.92 Å². The fourth-order valence-electron chi connectivity index (χ4n) is 1.36. The molecule has 0 radical (unpaired) electrons. The van der Waals surface area contributed by atoms with Gasteiger partial charge in [-0.3, -0.25) is 0 Å². The van der Waals surface area contributed by atoms with E-state index in [0.717, 1.165) is 5.56 Å². The third kappa shape index (κ3) is 2.65. The molecule has 82 valence electrons. The maximum absolute atomic E-state index is 8.69. The summed E-state index contributed by atoms with van der Waals surface area (Å²) in [6.07, 6.45) is 0.396. The van der Waals surface area contributed by atoms with Crippen molar-refractivity contribution < 1.29 is 9.47 Å². The molecule has 1 rings (SSSR count). The molecule has 0 aromatic heterocycles. The first-order valence-electron chi connectivity index (χ1n) is 4.75. The van der Waals surface area contributed by atoms with E-state index in [4.69, 9.17) is 20.0 Å². The highest BCUT2D eigenvalue weighted by atomic mass is 16.5. The Morgan fingerprint density at radius 1 is 1.12 bits per heavy atom. The standard InChI is InChI=1S/C12H12N2O2/c1-15-11-4-3-9(6-12(11)16-2)5-10(7-13)8-14/h3-4,6,10H,5H2,1-2H3. The van der Waals surface area contributed by atoms with Crippen molar-refractivity contribution in [2.45, 2.75) is 6.42 Å². The van der Waals surface area contributed by atoms with Crippen LogP contribution >= 0.6 is 0 Å². The SMILES string of the molecule is COc1ccc(CC(C#N)C#N)cc1OC. The number of hydrogen-bond donors (Lipinski definition) is 0. The lowest BCUT2D eigenvalue weighted by atomic mass is 10.0. The third-order valence-corrected chi connectivity index (χ3v) is 2.20. The van der Waals surface area contributed by atoms with Gasteiger partial charge in [-0.2, -0.15) is 10.5 Å². The molecule has 0 saturated heterocycles. The predicted octanol–water partition coefficient (Wildman–Crippen LogP) is 1.91. The summed E-state index contributed by atoms with van der Waals surface area (Å²) in [5.74, 6) is 0.615. The van der Waals surface area contributed by atoms with Crippen LogP contribution in [0, 0.1) is 28.6 Å². The maximum atomic E-state index is 8.69. The van der Waals surface area contributed by atoms with Crippen LogP contribution in [0.2, 0.25) is 0 Å². The molecule has 0 atom stereocenters. The number of nitriles is 2. The first kappa shape index (κ1) is 11.9. The van der Waals surface area contributed by atoms with Gasteiger partial charge in [-0.15, -0.1) is 0 Å². The fourth-order valence-corrected chi connectivity index (χ4v) is 1.36. The summed E-state index contributed by atoms with van der Waals surface area (Å²) in [5.41, 5.74) is 0.880. The highest BCUT2D eigenvalue weighted by molar-refractivity contribution is 5.43. The second kappa shape index (κ2) is 5.63. The molecule has 0 aliphatic heterocycles. The normalized spacial score (nSPS) is 9.31. The number of nitrogens with zero attached hydrogens (tertiary/aromatic N) is 2. The second-order valence-electron chi connectivity index (χ2n) is 3.20. The average molecular weight is 216 g/mol. The molecule has 1 aromatic carbocycles. The number of benzene rings is 1. The Hall–Kier alpha value is -2.20. The van der Waals surface area contributed by atoms with Gasteiger partial charge in [-0.25, -0.2) is 0 Å². The van der Waals surface area contributed by atoms with Crippen molar-refractivity contribution in [2.24, 2.45) is 5.92 Å². The average Bonchev–Trinajstić information content (AvgIpc) is 2.35. The topological polar surface area (TPSA) is 66.0 Å². The zero-order valence-electron chi connectivity index (χ0n) is 9.23. The molecule has 0 heterocycles. The predicted molar refractivity (Wildman–Crippen MR) is 58.0 cm³/mol. The van der Waals surface area contributed by atoms with Crippen LogP contribution in [-0.4, -0.2) is 14.2 Å². The van der Waals surface area contributed by atoms with E-state index in [1.807, 2.05) is 18.2 Å². The van der Waals surface area contributed by atoms with Crippen LogP contribution in [0.25, 0.3) is 0 Å². The lowest BCUT2D eigenvalue weighted by molar-refractivity contribution is 0.354. The second-order valence-corrected chi connectivity index (χ2v) is 3.20. The van der Waals surface area contributed by atoms with Crippen molar-refractivity contribution in [3.63, 3.8) is 0 Å². The Morgan fingerprint density at radius 3 is 2.25 bits per heavy atom. The largest absolute Gasteiger partial charge is 0.493 e. The first-order chi connectivity index (χ1) is 7.74. The summed E-state index contributed by atoms with van der Waals surface area (Å²) in [7, 11) is 3.11. The highest BCUT2D eigenvalue weighted by Crippen LogP contribution is 2.28. The minimum absolute atomic E-state index is 0.396. The molecule has 0 N–H and O–H groups in total. The molecular weight excluding hydrogens is 204 g/mol. The molecule has 0 saturated carbocycles. The number of rotatable bonds is 4. The molecule has 0 spiro atoms. The van der Waals surface area contributed by atoms with E-state index in [9.17, 15) is 0 Å². The van der Waals surface area contributed by atoms with E-state index >= 15 is 0 Å². The van der Waals surface area contributed by atoms with Crippen LogP contribution < -0.4 is 9.47 Å². The molecule has 4 heteroatoms. The van der Waals surface area contributed by atoms with Crippen LogP contribution in [0.1, 0.15) is 5.56 Å².